The summed E-state index contributed by atoms with van der Waals surface area (Å²) in [6.07, 6.45) is 8.02. The minimum absolute atomic E-state index is 0.583. The fraction of sp³-hybridized carbons (Fsp3) is 0.333. The quantitative estimate of drug-likeness (QED) is 0.640. The standard InChI is InChI=1S/C9H8.C3H7N/c1-2-5-9-7-3-6-8(9)4-1;4-3-1-2-3/h1-6H,7H2;3H,1-2,4H2. The van der Waals surface area contributed by atoms with Crippen LogP contribution in [0.2, 0.25) is 0 Å². The van der Waals surface area contributed by atoms with Crippen molar-refractivity contribution in [2.45, 2.75) is 25.3 Å². The van der Waals surface area contributed by atoms with Crippen molar-refractivity contribution in [1.82, 2.24) is 0 Å². The van der Waals surface area contributed by atoms with Crippen LogP contribution in [-0.2, 0) is 6.42 Å². The molecule has 0 aliphatic heterocycles. The van der Waals surface area contributed by atoms with Gasteiger partial charge in [-0.15, -0.1) is 0 Å². The lowest BCUT2D eigenvalue weighted by Crippen LogP contribution is -1.94. The van der Waals surface area contributed by atoms with E-state index in [1.807, 2.05) is 0 Å². The van der Waals surface area contributed by atoms with Crippen LogP contribution >= 0.6 is 0 Å². The first-order valence-electron chi connectivity index (χ1n) is 4.86. The number of hydrogen-bond acceptors (Lipinski definition) is 1. The summed E-state index contributed by atoms with van der Waals surface area (Å²) in [6, 6.07) is 9.08. The van der Waals surface area contributed by atoms with Crippen LogP contribution in [0, 0.1) is 0 Å². The van der Waals surface area contributed by atoms with E-state index >= 15 is 0 Å². The summed E-state index contributed by atoms with van der Waals surface area (Å²) < 4.78 is 0. The summed E-state index contributed by atoms with van der Waals surface area (Å²) in [6.45, 7) is 0. The Kier molecular flexibility index (Phi) is 2.46. The first-order chi connectivity index (χ1) is 6.36. The molecular weight excluding hydrogens is 158 g/mol. The van der Waals surface area contributed by atoms with E-state index in [1.54, 1.807) is 0 Å². The number of hydrogen-bond donors (Lipinski definition) is 1. The topological polar surface area (TPSA) is 26.0 Å². The molecule has 1 aromatic rings. The van der Waals surface area contributed by atoms with Crippen molar-refractivity contribution in [3.05, 3.63) is 41.5 Å². The van der Waals surface area contributed by atoms with E-state index in [0.717, 1.165) is 6.42 Å². The van der Waals surface area contributed by atoms with Crippen molar-refractivity contribution in [3.8, 4) is 0 Å². The number of rotatable bonds is 0. The lowest BCUT2D eigenvalue weighted by molar-refractivity contribution is 1.07. The van der Waals surface area contributed by atoms with Gasteiger partial charge in [0, 0.05) is 6.04 Å². The fourth-order valence-electron chi connectivity index (χ4n) is 1.29. The van der Waals surface area contributed by atoms with E-state index in [-0.39, 0.29) is 0 Å². The van der Waals surface area contributed by atoms with Crippen LogP contribution in [0.25, 0.3) is 6.08 Å². The molecule has 0 amide bonds. The van der Waals surface area contributed by atoms with Gasteiger partial charge in [0.1, 0.15) is 0 Å². The van der Waals surface area contributed by atoms with Crippen molar-refractivity contribution >= 4 is 6.08 Å². The Morgan fingerprint density at radius 1 is 1.15 bits per heavy atom. The first kappa shape index (κ1) is 8.52. The van der Waals surface area contributed by atoms with Crippen molar-refractivity contribution in [3.63, 3.8) is 0 Å². The zero-order valence-electron chi connectivity index (χ0n) is 7.74. The van der Waals surface area contributed by atoms with Gasteiger partial charge in [-0.3, -0.25) is 0 Å². The molecule has 2 aliphatic carbocycles. The second-order valence-electron chi connectivity index (χ2n) is 3.64. The molecule has 3 rings (SSSR count). The van der Waals surface area contributed by atoms with Gasteiger partial charge in [-0.2, -0.15) is 0 Å². The molecule has 2 aliphatic rings. The Labute approximate surface area is 79.3 Å². The van der Waals surface area contributed by atoms with Crippen LogP contribution in [0.3, 0.4) is 0 Å². The number of benzene rings is 1. The van der Waals surface area contributed by atoms with Gasteiger partial charge in [0.2, 0.25) is 0 Å². The highest BCUT2D eigenvalue weighted by Crippen LogP contribution is 2.17. The summed E-state index contributed by atoms with van der Waals surface area (Å²) in [5, 5.41) is 0. The van der Waals surface area contributed by atoms with E-state index in [9.17, 15) is 0 Å². The van der Waals surface area contributed by atoms with Crippen LogP contribution in [-0.4, -0.2) is 6.04 Å². The fourth-order valence-corrected chi connectivity index (χ4v) is 1.29. The van der Waals surface area contributed by atoms with Gasteiger partial charge >= 0.3 is 0 Å². The molecule has 0 bridgehead atoms. The highest BCUT2D eigenvalue weighted by atomic mass is 14.7. The summed E-state index contributed by atoms with van der Waals surface area (Å²) in [5.41, 5.74) is 8.06. The van der Waals surface area contributed by atoms with E-state index in [1.165, 1.54) is 24.0 Å². The molecule has 0 unspecified atom stereocenters. The first-order valence-corrected chi connectivity index (χ1v) is 4.86. The van der Waals surface area contributed by atoms with Crippen LogP contribution in [0.15, 0.2) is 30.3 Å². The molecule has 1 fully saturated rings. The Morgan fingerprint density at radius 2 is 1.85 bits per heavy atom. The van der Waals surface area contributed by atoms with Crippen molar-refractivity contribution < 1.29 is 0 Å². The average Bonchev–Trinajstić information content (AvgIpc) is 2.82. The highest BCUT2D eigenvalue weighted by Gasteiger charge is 2.13. The van der Waals surface area contributed by atoms with Crippen molar-refractivity contribution in [1.29, 1.82) is 0 Å². The molecule has 68 valence electrons. The number of fused-ring (bicyclic) bond motifs is 1. The van der Waals surface area contributed by atoms with Crippen molar-refractivity contribution in [2.75, 3.05) is 0 Å². The molecule has 1 saturated carbocycles. The maximum absolute atomic E-state index is 5.22. The summed E-state index contributed by atoms with van der Waals surface area (Å²) in [5.74, 6) is 0. The smallest absolute Gasteiger partial charge is 0.00399 e. The van der Waals surface area contributed by atoms with Crippen LogP contribution in [0.5, 0.6) is 0 Å². The Bertz CT molecular complexity index is 311. The summed E-state index contributed by atoms with van der Waals surface area (Å²) >= 11 is 0. The molecule has 2 N–H and O–H groups in total. The zero-order chi connectivity index (χ0) is 9.10. The number of nitrogens with two attached hydrogens (primary N) is 1. The SMILES string of the molecule is C1=Cc2ccccc2C1.NC1CC1. The second kappa shape index (κ2) is 3.75. The molecule has 1 aromatic carbocycles. The van der Waals surface area contributed by atoms with Gasteiger partial charge in [-0.05, 0) is 30.4 Å². The third-order valence-electron chi connectivity index (χ3n) is 2.31. The monoisotopic (exact) mass is 173 g/mol. The third-order valence-corrected chi connectivity index (χ3v) is 2.31. The van der Waals surface area contributed by atoms with E-state index in [0.29, 0.717) is 6.04 Å². The predicted molar refractivity (Wildman–Crippen MR) is 56.4 cm³/mol. The van der Waals surface area contributed by atoms with Gasteiger partial charge in [0.05, 0.1) is 0 Å². The van der Waals surface area contributed by atoms with Gasteiger partial charge in [0.15, 0.2) is 0 Å². The van der Waals surface area contributed by atoms with Gasteiger partial charge < -0.3 is 5.73 Å². The number of allylic oxidation sites excluding steroid dienone is 1. The maximum Gasteiger partial charge on any atom is 0.00399 e. The van der Waals surface area contributed by atoms with Gasteiger partial charge in [-0.25, -0.2) is 0 Å². The molecule has 1 nitrogen and oxygen atoms in total. The molecule has 0 spiro atoms. The minimum atomic E-state index is 0.583. The molecular formula is C12H15N. The molecule has 0 saturated heterocycles. The molecule has 0 heterocycles. The van der Waals surface area contributed by atoms with E-state index in [4.69, 9.17) is 5.73 Å². The summed E-state index contributed by atoms with van der Waals surface area (Å²) in [4.78, 5) is 0. The zero-order valence-corrected chi connectivity index (χ0v) is 7.74. The van der Waals surface area contributed by atoms with Crippen LogP contribution in [0.1, 0.15) is 24.0 Å². The molecule has 0 radical (unpaired) electrons. The van der Waals surface area contributed by atoms with Crippen LogP contribution in [0.4, 0.5) is 0 Å². The molecule has 13 heavy (non-hydrogen) atoms. The highest BCUT2D eigenvalue weighted by molar-refractivity contribution is 5.59. The lowest BCUT2D eigenvalue weighted by Gasteiger charge is -1.93. The normalized spacial score (nSPS) is 17.6. The van der Waals surface area contributed by atoms with Crippen molar-refractivity contribution in [2.24, 2.45) is 5.73 Å². The van der Waals surface area contributed by atoms with Gasteiger partial charge in [0.25, 0.3) is 0 Å². The van der Waals surface area contributed by atoms with E-state index < -0.39 is 0 Å². The molecule has 0 aromatic heterocycles. The lowest BCUT2D eigenvalue weighted by atomic mass is 10.1. The predicted octanol–water partition coefficient (Wildman–Crippen LogP) is 2.36. The Balaban J connectivity index is 0.000000137. The van der Waals surface area contributed by atoms with Gasteiger partial charge in [-0.1, -0.05) is 36.4 Å². The average molecular weight is 173 g/mol. The second-order valence-corrected chi connectivity index (χ2v) is 3.64. The minimum Gasteiger partial charge on any atom is -0.328 e. The Hall–Kier alpha value is -1.08. The summed E-state index contributed by atoms with van der Waals surface area (Å²) in [7, 11) is 0. The van der Waals surface area contributed by atoms with E-state index in [2.05, 4.69) is 36.4 Å². The van der Waals surface area contributed by atoms with Crippen LogP contribution < -0.4 is 5.73 Å². The largest absolute Gasteiger partial charge is 0.328 e. The molecule has 1 heteroatoms. The third kappa shape index (κ3) is 2.43. The molecule has 0 atom stereocenters. The maximum atomic E-state index is 5.22. The Morgan fingerprint density at radius 3 is 2.46 bits per heavy atom.